The molecule has 4 N–H and O–H groups in total. The minimum absolute atomic E-state index is 0.231. The molecule has 0 radical (unpaired) electrons. The van der Waals surface area contributed by atoms with Crippen molar-refractivity contribution in [2.75, 3.05) is 18.0 Å². The number of anilines is 1. The highest BCUT2D eigenvalue weighted by molar-refractivity contribution is 5.56. The van der Waals surface area contributed by atoms with Crippen LogP contribution in [0.4, 0.5) is 10.1 Å². The van der Waals surface area contributed by atoms with Gasteiger partial charge in [0, 0.05) is 19.6 Å². The Morgan fingerprint density at radius 1 is 1.31 bits per heavy atom. The van der Waals surface area contributed by atoms with Gasteiger partial charge in [0.05, 0.1) is 17.9 Å². The number of β-amino-alcohol motifs (C(OH)–C–C–N with tert-alkyl or cyclic N) is 2. The van der Waals surface area contributed by atoms with Gasteiger partial charge in [0.15, 0.2) is 0 Å². The number of hydrogen-bond donors (Lipinski definition) is 3. The number of hydrogen-bond acceptors (Lipinski definition) is 4. The summed E-state index contributed by atoms with van der Waals surface area (Å²) in [7, 11) is 0. The lowest BCUT2D eigenvalue weighted by Crippen LogP contribution is -2.24. The molecule has 0 aromatic heterocycles. The van der Waals surface area contributed by atoms with Gasteiger partial charge in [0.25, 0.3) is 0 Å². The third-order valence-corrected chi connectivity index (χ3v) is 2.87. The molecule has 2 atom stereocenters. The Kier molecular flexibility index (Phi) is 3.09. The number of nitrogens with two attached hydrogens (primary N) is 1. The van der Waals surface area contributed by atoms with Crippen LogP contribution >= 0.6 is 0 Å². The van der Waals surface area contributed by atoms with E-state index in [1.165, 1.54) is 6.07 Å². The predicted molar refractivity (Wildman–Crippen MR) is 58.5 cm³/mol. The smallest absolute Gasteiger partial charge is 0.146 e. The molecular formula is C11H15FN2O2. The molecule has 1 fully saturated rings. The van der Waals surface area contributed by atoms with E-state index >= 15 is 0 Å². The van der Waals surface area contributed by atoms with Gasteiger partial charge in [-0.05, 0) is 11.6 Å². The Hall–Kier alpha value is -1.17. The number of aliphatic hydroxyl groups is 2. The van der Waals surface area contributed by atoms with Crippen molar-refractivity contribution in [3.05, 3.63) is 29.6 Å². The van der Waals surface area contributed by atoms with Gasteiger partial charge in [-0.15, -0.1) is 0 Å². The summed E-state index contributed by atoms with van der Waals surface area (Å²) in [4.78, 5) is 1.63. The van der Waals surface area contributed by atoms with E-state index in [-0.39, 0.29) is 25.5 Å². The van der Waals surface area contributed by atoms with Crippen LogP contribution in [0.5, 0.6) is 0 Å². The number of nitrogens with zero attached hydrogens (tertiary/aromatic N) is 1. The van der Waals surface area contributed by atoms with E-state index < -0.39 is 12.2 Å². The fraction of sp³-hybridized carbons (Fsp3) is 0.455. The van der Waals surface area contributed by atoms with Gasteiger partial charge < -0.3 is 20.8 Å². The molecule has 2 rings (SSSR count). The van der Waals surface area contributed by atoms with Gasteiger partial charge >= 0.3 is 0 Å². The molecule has 0 bridgehead atoms. The zero-order valence-electron chi connectivity index (χ0n) is 8.81. The number of benzene rings is 1. The minimum Gasteiger partial charge on any atom is -0.389 e. The maximum absolute atomic E-state index is 13.7. The molecule has 4 nitrogen and oxygen atoms in total. The molecule has 88 valence electrons. The molecule has 1 aromatic carbocycles. The van der Waals surface area contributed by atoms with Gasteiger partial charge in [0.2, 0.25) is 0 Å². The van der Waals surface area contributed by atoms with Crippen LogP contribution in [0.1, 0.15) is 5.56 Å². The van der Waals surface area contributed by atoms with E-state index in [2.05, 4.69) is 0 Å². The lowest BCUT2D eigenvalue weighted by Gasteiger charge is -2.21. The Labute approximate surface area is 93.1 Å². The van der Waals surface area contributed by atoms with Crippen molar-refractivity contribution in [1.82, 2.24) is 0 Å². The summed E-state index contributed by atoms with van der Waals surface area (Å²) in [6.45, 7) is 0.694. The van der Waals surface area contributed by atoms with Gasteiger partial charge in [-0.2, -0.15) is 0 Å². The molecule has 0 saturated carbocycles. The zero-order valence-corrected chi connectivity index (χ0v) is 8.81. The molecule has 16 heavy (non-hydrogen) atoms. The summed E-state index contributed by atoms with van der Waals surface area (Å²) in [5.41, 5.74) is 6.61. The predicted octanol–water partition coefficient (Wildman–Crippen LogP) is -0.174. The highest BCUT2D eigenvalue weighted by Crippen LogP contribution is 2.27. The number of rotatable bonds is 2. The first-order valence-electron chi connectivity index (χ1n) is 5.22. The van der Waals surface area contributed by atoms with Crippen LogP contribution in [-0.4, -0.2) is 35.5 Å². The first kappa shape index (κ1) is 11.3. The first-order chi connectivity index (χ1) is 7.63. The second-order valence-electron chi connectivity index (χ2n) is 3.99. The van der Waals surface area contributed by atoms with Crippen molar-refractivity contribution < 1.29 is 14.6 Å². The molecular weight excluding hydrogens is 211 g/mol. The molecule has 0 spiro atoms. The van der Waals surface area contributed by atoms with E-state index in [0.717, 1.165) is 0 Å². The van der Waals surface area contributed by atoms with Crippen molar-refractivity contribution in [2.24, 2.45) is 5.73 Å². The SMILES string of the molecule is NCc1cccc(F)c1N1CC(O)C(O)C1. The van der Waals surface area contributed by atoms with Crippen LogP contribution in [0.2, 0.25) is 0 Å². The normalized spacial score (nSPS) is 25.1. The van der Waals surface area contributed by atoms with Crippen LogP contribution in [-0.2, 0) is 6.54 Å². The molecule has 0 amide bonds. The van der Waals surface area contributed by atoms with Crippen molar-refractivity contribution >= 4 is 5.69 Å². The maximum atomic E-state index is 13.7. The lowest BCUT2D eigenvalue weighted by molar-refractivity contribution is 0.0572. The van der Waals surface area contributed by atoms with E-state index in [1.807, 2.05) is 0 Å². The van der Waals surface area contributed by atoms with E-state index in [9.17, 15) is 14.6 Å². The summed E-state index contributed by atoms with van der Waals surface area (Å²) >= 11 is 0. The molecule has 5 heteroatoms. The standard InChI is InChI=1S/C11H15FN2O2/c12-8-3-1-2-7(4-13)11(8)14-5-9(15)10(16)6-14/h1-3,9-10,15-16H,4-6,13H2. The Morgan fingerprint density at radius 3 is 2.50 bits per heavy atom. The summed E-state index contributed by atoms with van der Waals surface area (Å²) in [6, 6.07) is 4.70. The van der Waals surface area contributed by atoms with E-state index in [0.29, 0.717) is 11.3 Å². The number of aliphatic hydroxyl groups excluding tert-OH is 2. The van der Waals surface area contributed by atoms with Crippen molar-refractivity contribution in [1.29, 1.82) is 0 Å². The maximum Gasteiger partial charge on any atom is 0.146 e. The zero-order chi connectivity index (χ0) is 11.7. The quantitative estimate of drug-likeness (QED) is 0.654. The third kappa shape index (κ3) is 1.89. The number of para-hydroxylation sites is 1. The second kappa shape index (κ2) is 4.37. The summed E-state index contributed by atoms with van der Waals surface area (Å²) in [6.07, 6.45) is -1.66. The highest BCUT2D eigenvalue weighted by atomic mass is 19.1. The van der Waals surface area contributed by atoms with Crippen molar-refractivity contribution in [3.63, 3.8) is 0 Å². The molecule has 1 saturated heterocycles. The van der Waals surface area contributed by atoms with Crippen molar-refractivity contribution in [3.8, 4) is 0 Å². The fourth-order valence-corrected chi connectivity index (χ4v) is 2.03. The average Bonchev–Trinajstić information content (AvgIpc) is 2.58. The molecule has 0 aliphatic carbocycles. The molecule has 2 unspecified atom stereocenters. The Bertz CT molecular complexity index is 376. The monoisotopic (exact) mass is 226 g/mol. The lowest BCUT2D eigenvalue weighted by atomic mass is 10.1. The fourth-order valence-electron chi connectivity index (χ4n) is 2.03. The van der Waals surface area contributed by atoms with Crippen LogP contribution in [0, 0.1) is 5.82 Å². The molecule has 1 aliphatic rings. The van der Waals surface area contributed by atoms with Crippen LogP contribution in [0.25, 0.3) is 0 Å². The average molecular weight is 226 g/mol. The highest BCUT2D eigenvalue weighted by Gasteiger charge is 2.31. The molecule has 1 heterocycles. The van der Waals surface area contributed by atoms with Gasteiger partial charge in [0.1, 0.15) is 5.82 Å². The number of halogens is 1. The second-order valence-corrected chi connectivity index (χ2v) is 3.99. The van der Waals surface area contributed by atoms with Gasteiger partial charge in [-0.1, -0.05) is 12.1 Å². The topological polar surface area (TPSA) is 69.7 Å². The van der Waals surface area contributed by atoms with Crippen LogP contribution in [0.15, 0.2) is 18.2 Å². The summed E-state index contributed by atoms with van der Waals surface area (Å²) in [5, 5.41) is 18.9. The largest absolute Gasteiger partial charge is 0.389 e. The molecule has 1 aliphatic heterocycles. The Morgan fingerprint density at radius 2 is 1.94 bits per heavy atom. The van der Waals surface area contributed by atoms with Gasteiger partial charge in [-0.25, -0.2) is 4.39 Å². The molecule has 1 aromatic rings. The minimum atomic E-state index is -0.828. The first-order valence-corrected chi connectivity index (χ1v) is 5.22. The van der Waals surface area contributed by atoms with Crippen LogP contribution in [0.3, 0.4) is 0 Å². The summed E-state index contributed by atoms with van der Waals surface area (Å²) < 4.78 is 13.7. The van der Waals surface area contributed by atoms with E-state index in [1.54, 1.807) is 17.0 Å². The van der Waals surface area contributed by atoms with Crippen molar-refractivity contribution in [2.45, 2.75) is 18.8 Å². The Balaban J connectivity index is 2.33. The van der Waals surface area contributed by atoms with Gasteiger partial charge in [-0.3, -0.25) is 0 Å². The van der Waals surface area contributed by atoms with E-state index in [4.69, 9.17) is 5.73 Å². The van der Waals surface area contributed by atoms with Crippen LogP contribution < -0.4 is 10.6 Å². The third-order valence-electron chi connectivity index (χ3n) is 2.87. The summed E-state index contributed by atoms with van der Waals surface area (Å²) in [5.74, 6) is -0.371.